The molecule has 0 saturated carbocycles. The van der Waals surface area contributed by atoms with Crippen LogP contribution in [0.5, 0.6) is 0 Å². The van der Waals surface area contributed by atoms with Crippen LogP contribution in [0.2, 0.25) is 0 Å². The maximum Gasteiger partial charge on any atom is 0.342 e. The molecule has 1 N–H and O–H groups in total. The van der Waals surface area contributed by atoms with Crippen LogP contribution in [0.3, 0.4) is 0 Å². The first kappa shape index (κ1) is 12.1. The maximum atomic E-state index is 11.1. The van der Waals surface area contributed by atoms with Gasteiger partial charge < -0.3 is 14.8 Å². The summed E-state index contributed by atoms with van der Waals surface area (Å²) in [6.45, 7) is 1.42. The van der Waals surface area contributed by atoms with Crippen LogP contribution < -0.4 is 5.32 Å². The van der Waals surface area contributed by atoms with Gasteiger partial charge in [0.05, 0.1) is 6.54 Å². The van der Waals surface area contributed by atoms with E-state index in [1.54, 1.807) is 0 Å². The zero-order valence-electron chi connectivity index (χ0n) is 8.74. The molecule has 1 rings (SSSR count). The molecule has 6 nitrogen and oxygen atoms in total. The van der Waals surface area contributed by atoms with E-state index < -0.39 is 11.9 Å². The topological polar surface area (TPSA) is 89.5 Å². The molecule has 0 aromatic carbocycles. The molecule has 0 spiro atoms. The van der Waals surface area contributed by atoms with Gasteiger partial charge in [-0.2, -0.15) is 0 Å². The molecule has 0 saturated heterocycles. The first-order valence-corrected chi connectivity index (χ1v) is 4.73. The van der Waals surface area contributed by atoms with E-state index in [9.17, 15) is 19.2 Å². The van der Waals surface area contributed by atoms with Gasteiger partial charge in [0.15, 0.2) is 0 Å². The zero-order valence-corrected chi connectivity index (χ0v) is 8.74. The predicted octanol–water partition coefficient (Wildman–Crippen LogP) is -0.518. The number of aldehydes is 1. The molecular formula is C10H11NO5. The summed E-state index contributed by atoms with van der Waals surface area (Å²) in [5, 5.41) is 2.33. The third-order valence-electron chi connectivity index (χ3n) is 2.18. The van der Waals surface area contributed by atoms with Crippen LogP contribution in [0.25, 0.3) is 0 Å². The van der Waals surface area contributed by atoms with E-state index in [2.05, 4.69) is 10.1 Å². The summed E-state index contributed by atoms with van der Waals surface area (Å²) in [6, 6.07) is 0. The number of carbonyl (C=O) groups is 4. The van der Waals surface area contributed by atoms with Crippen LogP contribution >= 0.6 is 0 Å². The minimum atomic E-state index is -0.689. The van der Waals surface area contributed by atoms with Crippen LogP contribution in [0, 0.1) is 0 Å². The molecular weight excluding hydrogens is 214 g/mol. The first-order valence-electron chi connectivity index (χ1n) is 4.73. The number of ether oxygens (including phenoxy) is 1. The second-order valence-corrected chi connectivity index (χ2v) is 3.25. The van der Waals surface area contributed by atoms with Crippen molar-refractivity contribution in [2.75, 3.05) is 6.54 Å². The molecule has 0 radical (unpaired) electrons. The van der Waals surface area contributed by atoms with E-state index in [1.807, 2.05) is 0 Å². The van der Waals surface area contributed by atoms with Crippen molar-refractivity contribution in [1.29, 1.82) is 0 Å². The van der Waals surface area contributed by atoms with Crippen LogP contribution in [0.15, 0.2) is 11.1 Å². The van der Waals surface area contributed by atoms with Gasteiger partial charge in [-0.3, -0.25) is 4.79 Å². The molecule has 1 aliphatic heterocycles. The second-order valence-electron chi connectivity index (χ2n) is 3.25. The van der Waals surface area contributed by atoms with Crippen molar-refractivity contribution >= 4 is 24.1 Å². The summed E-state index contributed by atoms with van der Waals surface area (Å²) >= 11 is 0. The summed E-state index contributed by atoms with van der Waals surface area (Å²) in [4.78, 5) is 43.2. The minimum Gasteiger partial charge on any atom is -0.386 e. The SMILES string of the molecule is CC1=C(CCC(=O)NCC=O)C(=O)OC1=O. The predicted molar refractivity (Wildman–Crippen MR) is 52.1 cm³/mol. The lowest BCUT2D eigenvalue weighted by Gasteiger charge is -2.00. The standard InChI is InChI=1S/C10H11NO5/c1-6-7(10(15)16-9(6)14)2-3-8(13)11-4-5-12/h5H,2-4H2,1H3,(H,11,13). The lowest BCUT2D eigenvalue weighted by atomic mass is 10.1. The highest BCUT2D eigenvalue weighted by molar-refractivity contribution is 6.12. The number of cyclic esters (lactones) is 2. The molecule has 86 valence electrons. The van der Waals surface area contributed by atoms with Crippen molar-refractivity contribution in [3.8, 4) is 0 Å². The van der Waals surface area contributed by atoms with Gasteiger partial charge in [0, 0.05) is 17.6 Å². The summed E-state index contributed by atoms with van der Waals surface area (Å²) < 4.78 is 4.36. The monoisotopic (exact) mass is 225 g/mol. The molecule has 16 heavy (non-hydrogen) atoms. The van der Waals surface area contributed by atoms with E-state index in [1.165, 1.54) is 6.92 Å². The number of rotatable bonds is 5. The molecule has 1 aliphatic rings. The van der Waals surface area contributed by atoms with Gasteiger partial charge in [-0.15, -0.1) is 0 Å². The molecule has 1 heterocycles. The van der Waals surface area contributed by atoms with Gasteiger partial charge in [-0.05, 0) is 13.3 Å². The number of amides is 1. The Hall–Kier alpha value is -1.98. The van der Waals surface area contributed by atoms with Crippen LogP contribution in [-0.4, -0.2) is 30.7 Å². The summed E-state index contributed by atoms with van der Waals surface area (Å²) in [5.41, 5.74) is 0.472. The van der Waals surface area contributed by atoms with Gasteiger partial charge in [0.1, 0.15) is 6.29 Å². The summed E-state index contributed by atoms with van der Waals surface area (Å²) in [7, 11) is 0. The van der Waals surface area contributed by atoms with Gasteiger partial charge in [0.2, 0.25) is 5.91 Å². The normalized spacial score (nSPS) is 15.1. The van der Waals surface area contributed by atoms with Crippen LogP contribution in [-0.2, 0) is 23.9 Å². The van der Waals surface area contributed by atoms with E-state index >= 15 is 0 Å². The van der Waals surface area contributed by atoms with Crippen LogP contribution in [0.4, 0.5) is 0 Å². The highest BCUT2D eigenvalue weighted by Gasteiger charge is 2.29. The Labute approximate surface area is 91.6 Å². The zero-order chi connectivity index (χ0) is 12.1. The van der Waals surface area contributed by atoms with Crippen molar-refractivity contribution < 1.29 is 23.9 Å². The fourth-order valence-corrected chi connectivity index (χ4v) is 1.27. The molecule has 1 amide bonds. The fourth-order valence-electron chi connectivity index (χ4n) is 1.27. The number of esters is 2. The van der Waals surface area contributed by atoms with Crippen molar-refractivity contribution in [1.82, 2.24) is 5.32 Å². The third-order valence-corrected chi connectivity index (χ3v) is 2.18. The van der Waals surface area contributed by atoms with E-state index in [0.717, 1.165) is 0 Å². The number of nitrogens with one attached hydrogen (secondary N) is 1. The highest BCUT2D eigenvalue weighted by Crippen LogP contribution is 2.20. The molecule has 0 aromatic rings. The molecule has 0 bridgehead atoms. The van der Waals surface area contributed by atoms with Crippen LogP contribution in [0.1, 0.15) is 19.8 Å². The Kier molecular flexibility index (Phi) is 3.93. The molecule has 0 aliphatic carbocycles. The summed E-state index contributed by atoms with van der Waals surface area (Å²) in [6.07, 6.45) is 0.750. The van der Waals surface area contributed by atoms with Gasteiger partial charge in [-0.1, -0.05) is 0 Å². The van der Waals surface area contributed by atoms with Crippen molar-refractivity contribution in [3.05, 3.63) is 11.1 Å². The molecule has 0 atom stereocenters. The molecule has 0 aromatic heterocycles. The Morgan fingerprint density at radius 3 is 2.56 bits per heavy atom. The minimum absolute atomic E-state index is 0.0445. The van der Waals surface area contributed by atoms with Gasteiger partial charge in [0.25, 0.3) is 0 Å². The Morgan fingerprint density at radius 1 is 1.38 bits per heavy atom. The van der Waals surface area contributed by atoms with Crippen molar-refractivity contribution in [2.45, 2.75) is 19.8 Å². The van der Waals surface area contributed by atoms with E-state index in [0.29, 0.717) is 6.29 Å². The smallest absolute Gasteiger partial charge is 0.342 e. The largest absolute Gasteiger partial charge is 0.386 e. The fraction of sp³-hybridized carbons (Fsp3) is 0.400. The quantitative estimate of drug-likeness (QED) is 0.386. The highest BCUT2D eigenvalue weighted by atomic mass is 16.6. The van der Waals surface area contributed by atoms with Gasteiger partial charge in [-0.25, -0.2) is 9.59 Å². The number of carbonyl (C=O) groups excluding carboxylic acids is 4. The Balaban J connectivity index is 2.49. The Morgan fingerprint density at radius 2 is 2.06 bits per heavy atom. The average molecular weight is 225 g/mol. The lowest BCUT2D eigenvalue weighted by Crippen LogP contribution is -2.25. The van der Waals surface area contributed by atoms with Gasteiger partial charge >= 0.3 is 11.9 Å². The van der Waals surface area contributed by atoms with Crippen molar-refractivity contribution in [3.63, 3.8) is 0 Å². The lowest BCUT2D eigenvalue weighted by molar-refractivity contribution is -0.151. The van der Waals surface area contributed by atoms with E-state index in [4.69, 9.17) is 0 Å². The maximum absolute atomic E-state index is 11.1. The number of hydrogen-bond donors (Lipinski definition) is 1. The molecule has 6 heteroatoms. The molecule has 0 fully saturated rings. The Bertz CT molecular complexity index is 383. The summed E-state index contributed by atoms with van der Waals surface area (Å²) in [5.74, 6) is -1.70. The number of hydrogen-bond acceptors (Lipinski definition) is 5. The molecule has 0 unspecified atom stereocenters. The van der Waals surface area contributed by atoms with E-state index in [-0.39, 0.29) is 36.4 Å². The average Bonchev–Trinajstić information content (AvgIpc) is 2.48. The third kappa shape index (κ3) is 2.75. The van der Waals surface area contributed by atoms with Crippen molar-refractivity contribution in [2.24, 2.45) is 0 Å². The second kappa shape index (κ2) is 5.20. The first-order chi connectivity index (χ1) is 7.56.